The minimum Gasteiger partial charge on any atom is -0.478 e. The Kier molecular flexibility index (Phi) is 4.96. The van der Waals surface area contributed by atoms with Gasteiger partial charge in [0.05, 0.1) is 6.54 Å². The SMILES string of the molecule is CCN(Cc1cccs1)c1ccc(C=CC(=O)O)cc1. The Bertz CT molecular complexity index is 573. The number of benzene rings is 1. The second-order valence-corrected chi connectivity index (χ2v) is 5.39. The van der Waals surface area contributed by atoms with Gasteiger partial charge in [0.15, 0.2) is 0 Å². The molecule has 0 saturated carbocycles. The summed E-state index contributed by atoms with van der Waals surface area (Å²) in [6.07, 6.45) is 2.75. The van der Waals surface area contributed by atoms with E-state index >= 15 is 0 Å². The van der Waals surface area contributed by atoms with Gasteiger partial charge in [0, 0.05) is 23.2 Å². The molecule has 0 unspecified atom stereocenters. The van der Waals surface area contributed by atoms with Crippen LogP contribution in [0.4, 0.5) is 5.69 Å². The van der Waals surface area contributed by atoms with E-state index in [4.69, 9.17) is 5.11 Å². The van der Waals surface area contributed by atoms with Gasteiger partial charge in [0.2, 0.25) is 0 Å². The lowest BCUT2D eigenvalue weighted by Crippen LogP contribution is -2.21. The first-order valence-corrected chi connectivity index (χ1v) is 7.35. The van der Waals surface area contributed by atoms with Crippen LogP contribution >= 0.6 is 11.3 Å². The molecule has 0 bridgehead atoms. The average molecular weight is 287 g/mol. The van der Waals surface area contributed by atoms with Crippen LogP contribution in [-0.2, 0) is 11.3 Å². The summed E-state index contributed by atoms with van der Waals surface area (Å²) in [4.78, 5) is 14.1. The molecule has 4 heteroatoms. The fourth-order valence-corrected chi connectivity index (χ4v) is 2.66. The predicted molar refractivity (Wildman–Crippen MR) is 84.2 cm³/mol. The van der Waals surface area contributed by atoms with Crippen molar-refractivity contribution in [3.8, 4) is 0 Å². The molecule has 3 nitrogen and oxygen atoms in total. The topological polar surface area (TPSA) is 40.5 Å². The van der Waals surface area contributed by atoms with E-state index in [2.05, 4.69) is 29.3 Å². The fraction of sp³-hybridized carbons (Fsp3) is 0.188. The zero-order chi connectivity index (χ0) is 14.4. The Morgan fingerprint density at radius 1 is 1.30 bits per heavy atom. The first-order valence-electron chi connectivity index (χ1n) is 6.47. The van der Waals surface area contributed by atoms with Crippen LogP contribution in [0, 0.1) is 0 Å². The maximum absolute atomic E-state index is 10.5. The van der Waals surface area contributed by atoms with Crippen LogP contribution in [0.2, 0.25) is 0 Å². The van der Waals surface area contributed by atoms with E-state index in [0.717, 1.165) is 30.4 Å². The Balaban J connectivity index is 2.09. The molecular weight excluding hydrogens is 270 g/mol. The second kappa shape index (κ2) is 6.91. The Morgan fingerprint density at radius 3 is 2.60 bits per heavy atom. The highest BCUT2D eigenvalue weighted by Gasteiger charge is 2.05. The highest BCUT2D eigenvalue weighted by molar-refractivity contribution is 7.09. The Labute approximate surface area is 122 Å². The van der Waals surface area contributed by atoms with Crippen molar-refractivity contribution in [1.29, 1.82) is 0 Å². The van der Waals surface area contributed by atoms with Crippen LogP contribution in [0.5, 0.6) is 0 Å². The lowest BCUT2D eigenvalue weighted by molar-refractivity contribution is -0.131. The number of carboxylic acid groups (broad SMARTS) is 1. The van der Waals surface area contributed by atoms with E-state index < -0.39 is 5.97 Å². The predicted octanol–water partition coefficient (Wildman–Crippen LogP) is 3.87. The van der Waals surface area contributed by atoms with Gasteiger partial charge in [-0.25, -0.2) is 4.79 Å². The number of rotatable bonds is 6. The molecule has 1 aromatic carbocycles. The molecule has 0 aliphatic heterocycles. The Hall–Kier alpha value is -2.07. The third-order valence-electron chi connectivity index (χ3n) is 2.99. The standard InChI is InChI=1S/C16H17NO2S/c1-2-17(12-15-4-3-11-20-15)14-8-5-13(6-9-14)7-10-16(18)19/h3-11H,2,12H2,1H3,(H,18,19). The highest BCUT2D eigenvalue weighted by Crippen LogP contribution is 2.20. The molecule has 0 saturated heterocycles. The summed E-state index contributed by atoms with van der Waals surface area (Å²) < 4.78 is 0. The van der Waals surface area contributed by atoms with Crippen molar-refractivity contribution in [1.82, 2.24) is 0 Å². The molecule has 1 heterocycles. The molecule has 0 radical (unpaired) electrons. The summed E-state index contributed by atoms with van der Waals surface area (Å²) in [5.41, 5.74) is 2.04. The zero-order valence-corrected chi connectivity index (χ0v) is 12.1. The number of nitrogens with zero attached hydrogens (tertiary/aromatic N) is 1. The van der Waals surface area contributed by atoms with Crippen molar-refractivity contribution in [2.24, 2.45) is 0 Å². The van der Waals surface area contributed by atoms with Gasteiger partial charge in [0.25, 0.3) is 0 Å². The van der Waals surface area contributed by atoms with E-state index in [9.17, 15) is 4.79 Å². The maximum Gasteiger partial charge on any atom is 0.328 e. The summed E-state index contributed by atoms with van der Waals surface area (Å²) in [7, 11) is 0. The summed E-state index contributed by atoms with van der Waals surface area (Å²) >= 11 is 1.76. The van der Waals surface area contributed by atoms with E-state index in [1.165, 1.54) is 4.88 Å². The molecule has 1 N–H and O–H groups in total. The quantitative estimate of drug-likeness (QED) is 0.820. The molecule has 104 valence electrons. The molecule has 0 amide bonds. The van der Waals surface area contributed by atoms with Gasteiger partial charge >= 0.3 is 5.97 Å². The van der Waals surface area contributed by atoms with Gasteiger partial charge in [-0.15, -0.1) is 11.3 Å². The van der Waals surface area contributed by atoms with E-state index in [0.29, 0.717) is 0 Å². The molecular formula is C16H17NO2S. The lowest BCUT2D eigenvalue weighted by Gasteiger charge is -2.22. The van der Waals surface area contributed by atoms with Gasteiger partial charge < -0.3 is 10.0 Å². The molecule has 2 aromatic rings. The fourth-order valence-electron chi connectivity index (χ4n) is 1.94. The molecule has 1 aromatic heterocycles. The van der Waals surface area contributed by atoms with Crippen molar-refractivity contribution in [2.45, 2.75) is 13.5 Å². The van der Waals surface area contributed by atoms with Crippen molar-refractivity contribution in [3.63, 3.8) is 0 Å². The summed E-state index contributed by atoms with van der Waals surface area (Å²) in [6, 6.07) is 12.1. The van der Waals surface area contributed by atoms with Crippen molar-refractivity contribution in [3.05, 3.63) is 58.3 Å². The van der Waals surface area contributed by atoms with Crippen LogP contribution < -0.4 is 4.90 Å². The molecule has 0 atom stereocenters. The van der Waals surface area contributed by atoms with Gasteiger partial charge in [-0.2, -0.15) is 0 Å². The molecule has 0 aliphatic carbocycles. The monoisotopic (exact) mass is 287 g/mol. The van der Waals surface area contributed by atoms with Gasteiger partial charge in [0.1, 0.15) is 0 Å². The Morgan fingerprint density at radius 2 is 2.05 bits per heavy atom. The molecule has 2 rings (SSSR count). The smallest absolute Gasteiger partial charge is 0.328 e. The minimum atomic E-state index is -0.929. The summed E-state index contributed by atoms with van der Waals surface area (Å²) in [5, 5.41) is 10.7. The van der Waals surface area contributed by atoms with Crippen molar-refractivity contribution < 1.29 is 9.90 Å². The number of carboxylic acids is 1. The van der Waals surface area contributed by atoms with E-state index in [1.54, 1.807) is 17.4 Å². The number of hydrogen-bond acceptors (Lipinski definition) is 3. The van der Waals surface area contributed by atoms with E-state index in [1.807, 2.05) is 24.3 Å². The number of carbonyl (C=O) groups is 1. The minimum absolute atomic E-state index is 0.892. The molecule has 0 fully saturated rings. The number of anilines is 1. The lowest BCUT2D eigenvalue weighted by atomic mass is 10.2. The van der Waals surface area contributed by atoms with Crippen LogP contribution in [0.15, 0.2) is 47.9 Å². The van der Waals surface area contributed by atoms with Crippen LogP contribution in [-0.4, -0.2) is 17.6 Å². The number of thiophene rings is 1. The van der Waals surface area contributed by atoms with Crippen LogP contribution in [0.25, 0.3) is 6.08 Å². The highest BCUT2D eigenvalue weighted by atomic mass is 32.1. The number of hydrogen-bond donors (Lipinski definition) is 1. The average Bonchev–Trinajstić information content (AvgIpc) is 2.96. The normalized spacial score (nSPS) is 10.8. The zero-order valence-electron chi connectivity index (χ0n) is 11.3. The number of aliphatic carboxylic acids is 1. The van der Waals surface area contributed by atoms with Crippen LogP contribution in [0.1, 0.15) is 17.4 Å². The first-order chi connectivity index (χ1) is 9.69. The maximum atomic E-state index is 10.5. The van der Waals surface area contributed by atoms with Gasteiger partial charge in [-0.1, -0.05) is 18.2 Å². The summed E-state index contributed by atoms with van der Waals surface area (Å²) in [5.74, 6) is -0.929. The van der Waals surface area contributed by atoms with Gasteiger partial charge in [-0.3, -0.25) is 0 Å². The molecule has 0 spiro atoms. The van der Waals surface area contributed by atoms with Gasteiger partial charge in [-0.05, 0) is 42.1 Å². The summed E-state index contributed by atoms with van der Waals surface area (Å²) in [6.45, 7) is 3.96. The second-order valence-electron chi connectivity index (χ2n) is 4.36. The van der Waals surface area contributed by atoms with Crippen molar-refractivity contribution in [2.75, 3.05) is 11.4 Å². The third kappa shape index (κ3) is 3.96. The third-order valence-corrected chi connectivity index (χ3v) is 3.85. The molecule has 0 aliphatic rings. The first kappa shape index (κ1) is 14.3. The van der Waals surface area contributed by atoms with Crippen LogP contribution in [0.3, 0.4) is 0 Å². The molecule has 20 heavy (non-hydrogen) atoms. The largest absolute Gasteiger partial charge is 0.478 e. The van der Waals surface area contributed by atoms with Crippen molar-refractivity contribution >= 4 is 29.1 Å². The van der Waals surface area contributed by atoms with E-state index in [-0.39, 0.29) is 0 Å².